The summed E-state index contributed by atoms with van der Waals surface area (Å²) in [5, 5.41) is 0. The van der Waals surface area contributed by atoms with E-state index < -0.39 is 0 Å². The van der Waals surface area contributed by atoms with Gasteiger partial charge in [-0.3, -0.25) is 0 Å². The number of nitrogens with zero attached hydrogens (tertiary/aromatic N) is 2. The van der Waals surface area contributed by atoms with Crippen LogP contribution < -0.4 is 4.90 Å². The number of piperazine rings is 1. The van der Waals surface area contributed by atoms with Crippen molar-refractivity contribution in [2.75, 3.05) is 31.6 Å². The van der Waals surface area contributed by atoms with Crippen LogP contribution in [0.4, 0.5) is 5.69 Å². The predicted octanol–water partition coefficient (Wildman–Crippen LogP) is 5.84. The van der Waals surface area contributed by atoms with Gasteiger partial charge in [0.05, 0.1) is 0 Å². The summed E-state index contributed by atoms with van der Waals surface area (Å²) in [6.45, 7) is 15.3. The molecule has 2 aliphatic rings. The monoisotopic (exact) mass is 376 g/mol. The molecule has 2 aromatic rings. The summed E-state index contributed by atoms with van der Waals surface area (Å²) in [7, 11) is 2.23. The predicted molar refractivity (Wildman–Crippen MR) is 121 cm³/mol. The molecule has 1 saturated heterocycles. The number of likely N-dealkylation sites (N-methyl/N-ethyl adjacent to an activating group) is 1. The van der Waals surface area contributed by atoms with Gasteiger partial charge in [0.25, 0.3) is 0 Å². The molecule has 4 rings (SSSR count). The highest BCUT2D eigenvalue weighted by Crippen LogP contribution is 2.46. The quantitative estimate of drug-likeness (QED) is 0.649. The van der Waals surface area contributed by atoms with Crippen LogP contribution in [0.3, 0.4) is 0 Å². The lowest BCUT2D eigenvalue weighted by Crippen LogP contribution is -2.50. The Kier molecular flexibility index (Phi) is 4.82. The number of benzene rings is 2. The average molecular weight is 377 g/mol. The summed E-state index contributed by atoms with van der Waals surface area (Å²) >= 11 is 0. The van der Waals surface area contributed by atoms with E-state index >= 15 is 0 Å². The zero-order valence-corrected chi connectivity index (χ0v) is 18.5. The molecule has 0 bridgehead atoms. The molecule has 1 aliphatic carbocycles. The van der Waals surface area contributed by atoms with E-state index in [9.17, 15) is 0 Å². The summed E-state index contributed by atoms with van der Waals surface area (Å²) in [5.74, 6) is 0. The summed E-state index contributed by atoms with van der Waals surface area (Å²) in [5.41, 5.74) is 7.66. The molecule has 28 heavy (non-hydrogen) atoms. The normalized spacial score (nSPS) is 24.1. The number of fused-ring (bicyclic) bond motifs is 1. The Balaban J connectivity index is 1.69. The van der Waals surface area contributed by atoms with Gasteiger partial charge in [0.15, 0.2) is 0 Å². The first-order valence-corrected chi connectivity index (χ1v) is 10.9. The van der Waals surface area contributed by atoms with Gasteiger partial charge in [-0.15, -0.1) is 0 Å². The second-order valence-corrected chi connectivity index (χ2v) is 10.4. The van der Waals surface area contributed by atoms with Crippen LogP contribution in [0, 0.1) is 0 Å². The minimum absolute atomic E-state index is 0.255. The highest BCUT2D eigenvalue weighted by molar-refractivity contribution is 5.70. The molecule has 1 fully saturated rings. The maximum absolute atomic E-state index is 2.54. The molecule has 0 spiro atoms. The second-order valence-electron chi connectivity index (χ2n) is 10.4. The maximum Gasteiger partial charge on any atom is 0.0373 e. The molecule has 150 valence electrons. The molecule has 0 radical (unpaired) electrons. The van der Waals surface area contributed by atoms with E-state index in [0.717, 1.165) is 19.6 Å². The number of rotatable bonds is 2. The van der Waals surface area contributed by atoms with Crippen LogP contribution in [-0.2, 0) is 10.8 Å². The molecule has 2 nitrogen and oxygen atoms in total. The third-order valence-electron chi connectivity index (χ3n) is 7.36. The minimum atomic E-state index is 0.255. The fraction of sp³-hybridized carbons (Fsp3) is 0.538. The molecule has 1 atom stereocenters. The molecule has 0 saturated carbocycles. The van der Waals surface area contributed by atoms with Crippen LogP contribution in [0.2, 0.25) is 0 Å². The standard InChI is InChI=1S/C26H36N2/c1-19-18-28(15-14-27(19)6)22-9-7-8-20(16-22)21-10-11-23-24(17-21)26(4,5)13-12-25(23,2)3/h7-11,16-17,19H,12-15,18H2,1-6H3/t19-/m0/s1. The van der Waals surface area contributed by atoms with Gasteiger partial charge in [0, 0.05) is 31.4 Å². The van der Waals surface area contributed by atoms with Gasteiger partial charge in [-0.2, -0.15) is 0 Å². The average Bonchev–Trinajstić information content (AvgIpc) is 2.67. The zero-order chi connectivity index (χ0) is 20.1. The first-order chi connectivity index (χ1) is 13.2. The Morgan fingerprint density at radius 1 is 0.821 bits per heavy atom. The maximum atomic E-state index is 2.54. The molecule has 2 heteroatoms. The molecular formula is C26H36N2. The SMILES string of the molecule is C[C@H]1CN(c2cccc(-c3ccc4c(c3)C(C)(C)CCC4(C)C)c2)CCN1C. The largest absolute Gasteiger partial charge is 0.369 e. The first kappa shape index (κ1) is 19.5. The van der Waals surface area contributed by atoms with Crippen molar-refractivity contribution >= 4 is 5.69 Å². The molecule has 0 amide bonds. The lowest BCUT2D eigenvalue weighted by atomic mass is 9.63. The topological polar surface area (TPSA) is 6.48 Å². The van der Waals surface area contributed by atoms with Crippen molar-refractivity contribution in [3.63, 3.8) is 0 Å². The molecule has 0 unspecified atom stereocenters. The Bertz CT molecular complexity index is 864. The lowest BCUT2D eigenvalue weighted by molar-refractivity contribution is 0.234. The fourth-order valence-electron chi connectivity index (χ4n) is 4.93. The number of hydrogen-bond acceptors (Lipinski definition) is 2. The van der Waals surface area contributed by atoms with Crippen molar-refractivity contribution in [1.29, 1.82) is 0 Å². The zero-order valence-electron chi connectivity index (χ0n) is 18.5. The van der Waals surface area contributed by atoms with Crippen LogP contribution in [0.15, 0.2) is 42.5 Å². The van der Waals surface area contributed by atoms with Crippen molar-refractivity contribution in [3.8, 4) is 11.1 Å². The molecule has 0 N–H and O–H groups in total. The van der Waals surface area contributed by atoms with Gasteiger partial charge in [-0.25, -0.2) is 0 Å². The highest BCUT2D eigenvalue weighted by Gasteiger charge is 2.37. The van der Waals surface area contributed by atoms with Crippen molar-refractivity contribution in [2.45, 2.75) is 64.3 Å². The van der Waals surface area contributed by atoms with Crippen LogP contribution in [0.1, 0.15) is 58.6 Å². The Hall–Kier alpha value is -1.80. The highest BCUT2D eigenvalue weighted by atomic mass is 15.3. The fourth-order valence-corrected chi connectivity index (χ4v) is 4.93. The third kappa shape index (κ3) is 3.48. The Morgan fingerprint density at radius 3 is 2.21 bits per heavy atom. The van der Waals surface area contributed by atoms with E-state index in [1.165, 1.54) is 35.2 Å². The summed E-state index contributed by atoms with van der Waals surface area (Å²) in [6.07, 6.45) is 2.53. The van der Waals surface area contributed by atoms with Crippen molar-refractivity contribution in [2.24, 2.45) is 0 Å². The van der Waals surface area contributed by atoms with Crippen LogP contribution in [0.5, 0.6) is 0 Å². The van der Waals surface area contributed by atoms with Gasteiger partial charge < -0.3 is 9.80 Å². The van der Waals surface area contributed by atoms with Crippen molar-refractivity contribution in [1.82, 2.24) is 4.90 Å². The summed E-state index contributed by atoms with van der Waals surface area (Å²) < 4.78 is 0. The van der Waals surface area contributed by atoms with Gasteiger partial charge in [0.2, 0.25) is 0 Å². The van der Waals surface area contributed by atoms with Crippen LogP contribution in [0.25, 0.3) is 11.1 Å². The first-order valence-electron chi connectivity index (χ1n) is 10.9. The van der Waals surface area contributed by atoms with Gasteiger partial charge >= 0.3 is 0 Å². The number of anilines is 1. The van der Waals surface area contributed by atoms with Crippen molar-refractivity contribution < 1.29 is 0 Å². The van der Waals surface area contributed by atoms with E-state index in [0.29, 0.717) is 6.04 Å². The minimum Gasteiger partial charge on any atom is -0.369 e. The van der Waals surface area contributed by atoms with E-state index in [2.05, 4.69) is 93.9 Å². The smallest absolute Gasteiger partial charge is 0.0373 e. The van der Waals surface area contributed by atoms with Gasteiger partial charge in [-0.05, 0) is 72.0 Å². The lowest BCUT2D eigenvalue weighted by Gasteiger charge is -2.42. The van der Waals surface area contributed by atoms with Crippen molar-refractivity contribution in [3.05, 3.63) is 53.6 Å². The van der Waals surface area contributed by atoms with E-state index in [4.69, 9.17) is 0 Å². The molecule has 0 aromatic heterocycles. The Morgan fingerprint density at radius 2 is 1.50 bits per heavy atom. The molecule has 1 aliphatic heterocycles. The van der Waals surface area contributed by atoms with Gasteiger partial charge in [-0.1, -0.05) is 58.0 Å². The number of hydrogen-bond donors (Lipinski definition) is 0. The molecular weight excluding hydrogens is 340 g/mol. The molecule has 1 heterocycles. The van der Waals surface area contributed by atoms with E-state index in [1.54, 1.807) is 5.56 Å². The van der Waals surface area contributed by atoms with E-state index in [1.807, 2.05) is 0 Å². The van der Waals surface area contributed by atoms with Crippen LogP contribution >= 0.6 is 0 Å². The second kappa shape index (κ2) is 6.91. The summed E-state index contributed by atoms with van der Waals surface area (Å²) in [6, 6.07) is 17.0. The van der Waals surface area contributed by atoms with Gasteiger partial charge in [0.1, 0.15) is 0 Å². The van der Waals surface area contributed by atoms with Crippen LogP contribution in [-0.4, -0.2) is 37.6 Å². The third-order valence-corrected chi connectivity index (χ3v) is 7.36. The molecule has 2 aromatic carbocycles. The van der Waals surface area contributed by atoms with E-state index in [-0.39, 0.29) is 10.8 Å². The Labute approximate surface area is 171 Å². The summed E-state index contributed by atoms with van der Waals surface area (Å²) in [4.78, 5) is 4.99.